The lowest BCUT2D eigenvalue weighted by Gasteiger charge is -2.46. The second kappa shape index (κ2) is 4.97. The Morgan fingerprint density at radius 2 is 2.13 bits per heavy atom. The third-order valence-corrected chi connectivity index (χ3v) is 3.52. The van der Waals surface area contributed by atoms with Crippen molar-refractivity contribution in [2.75, 3.05) is 20.1 Å². The molecular weight excluding hydrogens is 188 g/mol. The highest BCUT2D eigenvalue weighted by Crippen LogP contribution is 2.45. The molecule has 2 N–H and O–H groups in total. The van der Waals surface area contributed by atoms with E-state index >= 15 is 0 Å². The second-order valence-electron chi connectivity index (χ2n) is 5.08. The molecule has 1 aliphatic rings. The van der Waals surface area contributed by atoms with Crippen LogP contribution in [0.5, 0.6) is 0 Å². The van der Waals surface area contributed by atoms with Gasteiger partial charge in [-0.1, -0.05) is 20.3 Å². The van der Waals surface area contributed by atoms with E-state index in [0.717, 1.165) is 32.2 Å². The zero-order valence-corrected chi connectivity index (χ0v) is 10.3. The molecule has 3 nitrogen and oxygen atoms in total. The van der Waals surface area contributed by atoms with E-state index in [4.69, 9.17) is 5.73 Å². The van der Waals surface area contributed by atoms with E-state index in [1.807, 2.05) is 11.9 Å². The highest BCUT2D eigenvalue weighted by atomic mass is 16.2. The number of hydrogen-bond acceptors (Lipinski definition) is 2. The molecule has 1 amide bonds. The molecule has 0 aromatic rings. The maximum atomic E-state index is 12.2. The summed E-state index contributed by atoms with van der Waals surface area (Å²) in [5.74, 6) is 0.925. The van der Waals surface area contributed by atoms with Crippen molar-refractivity contribution in [2.45, 2.75) is 39.5 Å². The van der Waals surface area contributed by atoms with Crippen molar-refractivity contribution < 1.29 is 4.79 Å². The zero-order valence-electron chi connectivity index (χ0n) is 10.3. The summed E-state index contributed by atoms with van der Waals surface area (Å²) in [5.41, 5.74) is 5.53. The molecule has 0 spiro atoms. The Morgan fingerprint density at radius 3 is 2.53 bits per heavy atom. The van der Waals surface area contributed by atoms with Crippen LogP contribution in [0.1, 0.15) is 39.5 Å². The van der Waals surface area contributed by atoms with E-state index in [2.05, 4.69) is 13.8 Å². The van der Waals surface area contributed by atoms with Gasteiger partial charge in [0, 0.05) is 20.1 Å². The first-order valence-electron chi connectivity index (χ1n) is 6.01. The van der Waals surface area contributed by atoms with Gasteiger partial charge in [0.25, 0.3) is 0 Å². The summed E-state index contributed by atoms with van der Waals surface area (Å²) >= 11 is 0. The fraction of sp³-hybridized carbons (Fsp3) is 0.917. The molecule has 0 aromatic heterocycles. The van der Waals surface area contributed by atoms with E-state index in [-0.39, 0.29) is 11.3 Å². The van der Waals surface area contributed by atoms with Crippen LogP contribution in [-0.4, -0.2) is 30.9 Å². The molecule has 0 unspecified atom stereocenters. The molecule has 15 heavy (non-hydrogen) atoms. The molecule has 0 heterocycles. The van der Waals surface area contributed by atoms with E-state index in [9.17, 15) is 4.79 Å². The Balaban J connectivity index is 2.50. The Hall–Kier alpha value is -0.570. The number of carbonyl (C=O) groups excluding carboxylic acids is 1. The second-order valence-corrected chi connectivity index (χ2v) is 5.08. The first kappa shape index (κ1) is 12.5. The van der Waals surface area contributed by atoms with Gasteiger partial charge in [-0.3, -0.25) is 4.79 Å². The highest BCUT2D eigenvalue weighted by Gasteiger charge is 2.48. The fourth-order valence-corrected chi connectivity index (χ4v) is 2.60. The monoisotopic (exact) mass is 212 g/mol. The van der Waals surface area contributed by atoms with Gasteiger partial charge in [-0.05, 0) is 25.2 Å². The van der Waals surface area contributed by atoms with Gasteiger partial charge in [0.2, 0.25) is 5.91 Å². The number of amides is 1. The standard InChI is InChI=1S/C12H24N2O/c1-4-5-6-14(3)11(15)12(9-13)7-10(2)8-12/h10H,4-9,13H2,1-3H3. The Bertz CT molecular complexity index is 222. The van der Waals surface area contributed by atoms with Crippen molar-refractivity contribution in [3.8, 4) is 0 Å². The van der Waals surface area contributed by atoms with E-state index in [0.29, 0.717) is 12.5 Å². The third-order valence-electron chi connectivity index (χ3n) is 3.52. The zero-order chi connectivity index (χ0) is 11.5. The van der Waals surface area contributed by atoms with Crippen LogP contribution >= 0.6 is 0 Å². The van der Waals surface area contributed by atoms with Crippen LogP contribution in [0.4, 0.5) is 0 Å². The molecule has 1 rings (SSSR count). The SMILES string of the molecule is CCCCN(C)C(=O)C1(CN)CC(C)C1. The van der Waals surface area contributed by atoms with Crippen molar-refractivity contribution >= 4 is 5.91 Å². The predicted octanol–water partition coefficient (Wildman–Crippen LogP) is 1.62. The first-order valence-corrected chi connectivity index (χ1v) is 6.01. The minimum atomic E-state index is -0.220. The summed E-state index contributed by atoms with van der Waals surface area (Å²) in [5, 5.41) is 0. The van der Waals surface area contributed by atoms with Gasteiger partial charge in [-0.25, -0.2) is 0 Å². The first-order chi connectivity index (χ1) is 7.05. The van der Waals surface area contributed by atoms with Crippen LogP contribution in [0.2, 0.25) is 0 Å². The molecule has 0 atom stereocenters. The molecule has 0 bridgehead atoms. The van der Waals surface area contributed by atoms with Gasteiger partial charge in [0.15, 0.2) is 0 Å². The van der Waals surface area contributed by atoms with Gasteiger partial charge in [-0.2, -0.15) is 0 Å². The van der Waals surface area contributed by atoms with Crippen LogP contribution < -0.4 is 5.73 Å². The summed E-state index contributed by atoms with van der Waals surface area (Å²) in [6.45, 7) is 5.70. The molecule has 1 saturated carbocycles. The van der Waals surface area contributed by atoms with Crippen molar-refractivity contribution in [2.24, 2.45) is 17.1 Å². The van der Waals surface area contributed by atoms with Crippen molar-refractivity contribution in [1.29, 1.82) is 0 Å². The molecule has 3 heteroatoms. The van der Waals surface area contributed by atoms with Crippen LogP contribution in [-0.2, 0) is 4.79 Å². The Kier molecular flexibility index (Phi) is 4.14. The summed E-state index contributed by atoms with van der Waals surface area (Å²) < 4.78 is 0. The number of carbonyl (C=O) groups is 1. The normalized spacial score (nSPS) is 29.7. The largest absolute Gasteiger partial charge is 0.345 e. The number of nitrogens with two attached hydrogens (primary N) is 1. The minimum absolute atomic E-state index is 0.220. The molecule has 1 aliphatic carbocycles. The van der Waals surface area contributed by atoms with Crippen LogP contribution in [0, 0.1) is 11.3 Å². The molecule has 1 fully saturated rings. The average molecular weight is 212 g/mol. The molecule has 88 valence electrons. The van der Waals surface area contributed by atoms with Gasteiger partial charge in [0.05, 0.1) is 5.41 Å². The number of hydrogen-bond donors (Lipinski definition) is 1. The van der Waals surface area contributed by atoms with Crippen LogP contribution in [0.15, 0.2) is 0 Å². The number of rotatable bonds is 5. The lowest BCUT2D eigenvalue weighted by atomic mass is 9.62. The lowest BCUT2D eigenvalue weighted by molar-refractivity contribution is -0.148. The molecule has 0 aliphatic heterocycles. The Morgan fingerprint density at radius 1 is 1.53 bits per heavy atom. The summed E-state index contributed by atoms with van der Waals surface area (Å²) in [7, 11) is 1.90. The van der Waals surface area contributed by atoms with Gasteiger partial charge >= 0.3 is 0 Å². The summed E-state index contributed by atoms with van der Waals surface area (Å²) in [6, 6.07) is 0. The maximum absolute atomic E-state index is 12.2. The lowest BCUT2D eigenvalue weighted by Crippen LogP contribution is -2.53. The number of nitrogens with zero attached hydrogens (tertiary/aromatic N) is 1. The van der Waals surface area contributed by atoms with E-state index < -0.39 is 0 Å². The van der Waals surface area contributed by atoms with Gasteiger partial charge in [-0.15, -0.1) is 0 Å². The van der Waals surface area contributed by atoms with Crippen molar-refractivity contribution in [1.82, 2.24) is 4.90 Å². The van der Waals surface area contributed by atoms with Crippen molar-refractivity contribution in [3.63, 3.8) is 0 Å². The Labute approximate surface area is 93.0 Å². The third kappa shape index (κ3) is 2.51. The van der Waals surface area contributed by atoms with E-state index in [1.54, 1.807) is 0 Å². The van der Waals surface area contributed by atoms with Gasteiger partial charge < -0.3 is 10.6 Å². The average Bonchev–Trinajstić information content (AvgIpc) is 2.20. The molecule has 0 saturated heterocycles. The van der Waals surface area contributed by atoms with E-state index in [1.165, 1.54) is 0 Å². The number of unbranched alkanes of at least 4 members (excludes halogenated alkanes) is 1. The smallest absolute Gasteiger partial charge is 0.229 e. The highest BCUT2D eigenvalue weighted by molar-refractivity contribution is 5.83. The molecule has 0 radical (unpaired) electrons. The van der Waals surface area contributed by atoms with Crippen molar-refractivity contribution in [3.05, 3.63) is 0 Å². The van der Waals surface area contributed by atoms with Gasteiger partial charge in [0.1, 0.15) is 0 Å². The predicted molar refractivity (Wildman–Crippen MR) is 62.4 cm³/mol. The molecular formula is C12H24N2O. The summed E-state index contributed by atoms with van der Waals surface area (Å²) in [6.07, 6.45) is 4.15. The maximum Gasteiger partial charge on any atom is 0.229 e. The van der Waals surface area contributed by atoms with Crippen LogP contribution in [0.25, 0.3) is 0 Å². The molecule has 0 aromatic carbocycles. The quantitative estimate of drug-likeness (QED) is 0.752. The minimum Gasteiger partial charge on any atom is -0.345 e. The fourth-order valence-electron chi connectivity index (χ4n) is 2.60. The summed E-state index contributed by atoms with van der Waals surface area (Å²) in [4.78, 5) is 14.0. The van der Waals surface area contributed by atoms with Crippen LogP contribution in [0.3, 0.4) is 0 Å². The topological polar surface area (TPSA) is 46.3 Å².